The molecule has 0 spiro atoms. The number of hydrogen-bond donors (Lipinski definition) is 2. The number of ether oxygens (including phenoxy) is 1. The summed E-state index contributed by atoms with van der Waals surface area (Å²) in [6.45, 7) is 0. The molecule has 1 amide bonds. The van der Waals surface area contributed by atoms with Crippen LogP contribution in [0.1, 0.15) is 12.8 Å². The largest absolute Gasteiger partial charge is 0.495 e. The molecule has 0 aliphatic heterocycles. The third-order valence-electron chi connectivity index (χ3n) is 2.68. The highest BCUT2D eigenvalue weighted by atomic mass is 32.2. The van der Waals surface area contributed by atoms with Crippen LogP contribution in [-0.4, -0.2) is 23.8 Å². The fourth-order valence-corrected chi connectivity index (χ4v) is 3.36. The standard InChI is InChI=1S/C14H17N3O2S2/c1-19-12-5-4-10(15)9-11(12)17-13(18)3-2-7-20-14-16-6-8-21-14/h4-6,8-9H,2-3,7,15H2,1H3,(H,17,18). The number of thiazole rings is 1. The Labute approximate surface area is 131 Å². The van der Waals surface area contributed by atoms with Crippen molar-refractivity contribution in [1.29, 1.82) is 0 Å². The van der Waals surface area contributed by atoms with Crippen LogP contribution in [0.5, 0.6) is 5.75 Å². The number of methoxy groups -OCH3 is 1. The minimum absolute atomic E-state index is 0.0429. The molecule has 0 atom stereocenters. The van der Waals surface area contributed by atoms with Crippen molar-refractivity contribution >= 4 is 40.4 Å². The molecular formula is C14H17N3O2S2. The lowest BCUT2D eigenvalue weighted by Crippen LogP contribution is -2.12. The van der Waals surface area contributed by atoms with E-state index in [2.05, 4.69) is 10.3 Å². The fraction of sp³-hybridized carbons (Fsp3) is 0.286. The summed E-state index contributed by atoms with van der Waals surface area (Å²) in [5.74, 6) is 1.43. The molecule has 7 heteroatoms. The van der Waals surface area contributed by atoms with E-state index in [0.29, 0.717) is 23.5 Å². The average molecular weight is 323 g/mol. The monoisotopic (exact) mass is 323 g/mol. The van der Waals surface area contributed by atoms with Gasteiger partial charge in [0.15, 0.2) is 0 Å². The van der Waals surface area contributed by atoms with Crippen molar-refractivity contribution in [2.75, 3.05) is 23.9 Å². The number of nitrogen functional groups attached to an aromatic ring is 1. The van der Waals surface area contributed by atoms with Gasteiger partial charge in [0.25, 0.3) is 0 Å². The van der Waals surface area contributed by atoms with Crippen LogP contribution in [0, 0.1) is 0 Å². The molecule has 2 rings (SSSR count). The van der Waals surface area contributed by atoms with Gasteiger partial charge >= 0.3 is 0 Å². The van der Waals surface area contributed by atoms with E-state index in [9.17, 15) is 4.79 Å². The lowest BCUT2D eigenvalue weighted by atomic mass is 10.2. The number of benzene rings is 1. The zero-order valence-corrected chi connectivity index (χ0v) is 13.3. The van der Waals surface area contributed by atoms with Gasteiger partial charge in [0.05, 0.1) is 12.8 Å². The van der Waals surface area contributed by atoms with Crippen LogP contribution in [0.2, 0.25) is 0 Å². The van der Waals surface area contributed by atoms with Gasteiger partial charge in [-0.2, -0.15) is 0 Å². The zero-order valence-electron chi connectivity index (χ0n) is 11.7. The molecule has 112 valence electrons. The molecule has 0 radical (unpaired) electrons. The van der Waals surface area contributed by atoms with Crippen LogP contribution in [-0.2, 0) is 4.79 Å². The first kappa shape index (κ1) is 15.7. The molecule has 0 saturated heterocycles. The Morgan fingerprint density at radius 2 is 2.38 bits per heavy atom. The summed E-state index contributed by atoms with van der Waals surface area (Å²) < 4.78 is 6.23. The molecule has 5 nitrogen and oxygen atoms in total. The van der Waals surface area contributed by atoms with Gasteiger partial charge < -0.3 is 15.8 Å². The summed E-state index contributed by atoms with van der Waals surface area (Å²) >= 11 is 3.28. The van der Waals surface area contributed by atoms with Crippen molar-refractivity contribution in [3.63, 3.8) is 0 Å². The van der Waals surface area contributed by atoms with Crippen molar-refractivity contribution in [3.05, 3.63) is 29.8 Å². The highest BCUT2D eigenvalue weighted by Crippen LogP contribution is 2.27. The maximum atomic E-state index is 11.9. The Hall–Kier alpha value is -1.73. The number of nitrogens with zero attached hydrogens (tertiary/aromatic N) is 1. The van der Waals surface area contributed by atoms with Crippen molar-refractivity contribution < 1.29 is 9.53 Å². The van der Waals surface area contributed by atoms with Gasteiger partial charge in [0.2, 0.25) is 5.91 Å². The second kappa shape index (κ2) is 7.90. The maximum Gasteiger partial charge on any atom is 0.224 e. The molecule has 0 fully saturated rings. The fourth-order valence-electron chi connectivity index (χ4n) is 1.71. The Bertz CT molecular complexity index is 588. The van der Waals surface area contributed by atoms with Gasteiger partial charge in [-0.25, -0.2) is 4.98 Å². The molecule has 0 saturated carbocycles. The van der Waals surface area contributed by atoms with Crippen molar-refractivity contribution in [2.24, 2.45) is 0 Å². The molecule has 0 aliphatic carbocycles. The SMILES string of the molecule is COc1ccc(N)cc1NC(=O)CCCSc1nccs1. The van der Waals surface area contributed by atoms with Crippen LogP contribution in [0.3, 0.4) is 0 Å². The number of nitrogens with one attached hydrogen (secondary N) is 1. The summed E-state index contributed by atoms with van der Waals surface area (Å²) in [4.78, 5) is 16.1. The van der Waals surface area contributed by atoms with E-state index in [1.807, 2.05) is 5.38 Å². The average Bonchev–Trinajstić information content (AvgIpc) is 2.97. The summed E-state index contributed by atoms with van der Waals surface area (Å²) in [5, 5.41) is 4.78. The van der Waals surface area contributed by atoms with Gasteiger partial charge in [-0.1, -0.05) is 11.8 Å². The van der Waals surface area contributed by atoms with Crippen molar-refractivity contribution in [3.8, 4) is 5.75 Å². The zero-order chi connectivity index (χ0) is 15.1. The Morgan fingerprint density at radius 1 is 1.52 bits per heavy atom. The minimum atomic E-state index is -0.0429. The molecule has 21 heavy (non-hydrogen) atoms. The second-order valence-electron chi connectivity index (χ2n) is 4.26. The van der Waals surface area contributed by atoms with E-state index >= 15 is 0 Å². The third kappa shape index (κ3) is 4.95. The van der Waals surface area contributed by atoms with Crippen LogP contribution in [0.4, 0.5) is 11.4 Å². The lowest BCUT2D eigenvalue weighted by Gasteiger charge is -2.10. The molecular weight excluding hydrogens is 306 g/mol. The number of amides is 1. The summed E-state index contributed by atoms with van der Waals surface area (Å²) in [5.41, 5.74) is 6.91. The molecule has 1 aromatic carbocycles. The predicted octanol–water partition coefficient (Wildman–Crippen LogP) is 3.24. The van der Waals surface area contributed by atoms with E-state index < -0.39 is 0 Å². The van der Waals surface area contributed by atoms with Crippen LogP contribution < -0.4 is 15.8 Å². The second-order valence-corrected chi connectivity index (χ2v) is 6.49. The van der Waals surface area contributed by atoms with Gasteiger partial charge in [-0.15, -0.1) is 11.3 Å². The highest BCUT2D eigenvalue weighted by molar-refractivity contribution is 8.00. The molecule has 1 aromatic heterocycles. The van der Waals surface area contributed by atoms with Gasteiger partial charge in [-0.05, 0) is 24.6 Å². The number of aromatic nitrogens is 1. The number of carbonyl (C=O) groups is 1. The first-order chi connectivity index (χ1) is 10.2. The predicted molar refractivity (Wildman–Crippen MR) is 88.1 cm³/mol. The highest BCUT2D eigenvalue weighted by Gasteiger charge is 2.08. The number of nitrogens with two attached hydrogens (primary N) is 1. The molecule has 3 N–H and O–H groups in total. The Kier molecular flexibility index (Phi) is 5.89. The summed E-state index contributed by atoms with van der Waals surface area (Å²) in [6, 6.07) is 5.17. The first-order valence-corrected chi connectivity index (χ1v) is 8.31. The Balaban J connectivity index is 1.77. The topological polar surface area (TPSA) is 77.2 Å². The smallest absolute Gasteiger partial charge is 0.224 e. The van der Waals surface area contributed by atoms with Crippen LogP contribution in [0.25, 0.3) is 0 Å². The quantitative estimate of drug-likeness (QED) is 0.465. The molecule has 2 aromatic rings. The molecule has 0 bridgehead atoms. The van der Waals surface area contributed by atoms with Gasteiger partial charge in [-0.3, -0.25) is 4.79 Å². The van der Waals surface area contributed by atoms with E-state index in [0.717, 1.165) is 16.5 Å². The maximum absolute atomic E-state index is 11.9. The molecule has 0 aliphatic rings. The summed E-state index contributed by atoms with van der Waals surface area (Å²) in [6.07, 6.45) is 3.03. The third-order valence-corrected chi connectivity index (χ3v) is 4.73. The Morgan fingerprint density at radius 3 is 3.10 bits per heavy atom. The van der Waals surface area contributed by atoms with E-state index in [-0.39, 0.29) is 5.91 Å². The summed E-state index contributed by atoms with van der Waals surface area (Å²) in [7, 11) is 1.56. The van der Waals surface area contributed by atoms with E-state index in [1.54, 1.807) is 54.6 Å². The number of hydrogen-bond acceptors (Lipinski definition) is 6. The molecule has 1 heterocycles. The number of thioether (sulfide) groups is 1. The lowest BCUT2D eigenvalue weighted by molar-refractivity contribution is -0.116. The van der Waals surface area contributed by atoms with E-state index in [1.165, 1.54) is 0 Å². The van der Waals surface area contributed by atoms with Crippen molar-refractivity contribution in [1.82, 2.24) is 4.98 Å². The number of anilines is 2. The number of carbonyl (C=O) groups excluding carboxylic acids is 1. The number of rotatable bonds is 7. The minimum Gasteiger partial charge on any atom is -0.495 e. The van der Waals surface area contributed by atoms with Crippen LogP contribution >= 0.6 is 23.1 Å². The normalized spacial score (nSPS) is 10.3. The van der Waals surface area contributed by atoms with Crippen LogP contribution in [0.15, 0.2) is 34.1 Å². The molecule has 0 unspecified atom stereocenters. The van der Waals surface area contributed by atoms with Crippen molar-refractivity contribution in [2.45, 2.75) is 17.2 Å². The van der Waals surface area contributed by atoms with Gasteiger partial charge in [0.1, 0.15) is 10.1 Å². The van der Waals surface area contributed by atoms with Gasteiger partial charge in [0, 0.05) is 29.4 Å². The first-order valence-electron chi connectivity index (χ1n) is 6.44. The van der Waals surface area contributed by atoms with E-state index in [4.69, 9.17) is 10.5 Å².